The number of nitrogens with two attached hydrogens (primary N) is 1. The Kier molecular flexibility index (Phi) is 4.68. The third-order valence-electron chi connectivity index (χ3n) is 4.23. The van der Waals surface area contributed by atoms with Crippen LogP contribution in [-0.2, 0) is 5.75 Å². The minimum Gasteiger partial charge on any atom is -0.441 e. The van der Waals surface area contributed by atoms with Crippen LogP contribution in [0.4, 0.5) is 0 Å². The van der Waals surface area contributed by atoms with Gasteiger partial charge in [-0.25, -0.2) is 9.66 Å². The lowest BCUT2D eigenvalue weighted by molar-refractivity contribution is 0.540. The van der Waals surface area contributed by atoms with E-state index < -0.39 is 0 Å². The first-order valence-corrected chi connectivity index (χ1v) is 9.52. The van der Waals surface area contributed by atoms with Crippen LogP contribution in [0, 0.1) is 13.8 Å². The first-order chi connectivity index (χ1) is 13.1. The van der Waals surface area contributed by atoms with E-state index in [9.17, 15) is 0 Å². The molecule has 0 fully saturated rings. The number of nitrogen functional groups attached to an aromatic ring is 1. The summed E-state index contributed by atoms with van der Waals surface area (Å²) >= 11 is 1.48. The molecule has 0 spiro atoms. The van der Waals surface area contributed by atoms with E-state index in [0.717, 1.165) is 22.6 Å². The normalized spacial score (nSPS) is 11.0. The van der Waals surface area contributed by atoms with Crippen LogP contribution in [0.2, 0.25) is 0 Å². The monoisotopic (exact) mass is 377 g/mol. The predicted molar refractivity (Wildman–Crippen MR) is 107 cm³/mol. The molecule has 0 saturated carbocycles. The Hall–Kier alpha value is -3.06. The molecular formula is C20H19N5OS. The average molecular weight is 377 g/mol. The van der Waals surface area contributed by atoms with Gasteiger partial charge in [-0.05, 0) is 26.0 Å². The zero-order valence-corrected chi connectivity index (χ0v) is 15.9. The van der Waals surface area contributed by atoms with E-state index in [2.05, 4.69) is 15.2 Å². The fraction of sp³-hybridized carbons (Fsp3) is 0.150. The third kappa shape index (κ3) is 3.59. The predicted octanol–water partition coefficient (Wildman–Crippen LogP) is 4.22. The van der Waals surface area contributed by atoms with Crippen molar-refractivity contribution in [2.75, 3.05) is 5.84 Å². The van der Waals surface area contributed by atoms with Gasteiger partial charge in [0.05, 0.1) is 5.69 Å². The smallest absolute Gasteiger partial charge is 0.226 e. The SMILES string of the molecule is Cc1ccc(-c2nnc(SCc3nc(-c4ccccc4)oc3C)n2N)cc1. The van der Waals surface area contributed by atoms with Crippen LogP contribution >= 0.6 is 11.8 Å². The number of oxazole rings is 1. The lowest BCUT2D eigenvalue weighted by Gasteiger charge is -2.03. The Bertz CT molecular complexity index is 1050. The Morgan fingerprint density at radius 2 is 1.70 bits per heavy atom. The number of thioether (sulfide) groups is 1. The highest BCUT2D eigenvalue weighted by atomic mass is 32.2. The van der Waals surface area contributed by atoms with Gasteiger partial charge in [-0.2, -0.15) is 0 Å². The van der Waals surface area contributed by atoms with Gasteiger partial charge in [0.1, 0.15) is 5.76 Å². The van der Waals surface area contributed by atoms with Crippen LogP contribution in [0.15, 0.2) is 64.2 Å². The number of aromatic nitrogens is 4. The first-order valence-electron chi connectivity index (χ1n) is 8.54. The van der Waals surface area contributed by atoms with Crippen molar-refractivity contribution in [2.24, 2.45) is 0 Å². The number of benzene rings is 2. The van der Waals surface area contributed by atoms with Gasteiger partial charge in [0.2, 0.25) is 11.0 Å². The highest BCUT2D eigenvalue weighted by molar-refractivity contribution is 7.98. The summed E-state index contributed by atoms with van der Waals surface area (Å²) < 4.78 is 7.32. The molecule has 0 amide bonds. The summed E-state index contributed by atoms with van der Waals surface area (Å²) in [7, 11) is 0. The molecule has 0 aliphatic heterocycles. The zero-order valence-electron chi connectivity index (χ0n) is 15.1. The molecule has 4 aromatic rings. The fourth-order valence-electron chi connectivity index (χ4n) is 2.67. The van der Waals surface area contributed by atoms with Gasteiger partial charge in [0.25, 0.3) is 0 Å². The van der Waals surface area contributed by atoms with Gasteiger partial charge in [-0.3, -0.25) is 0 Å². The van der Waals surface area contributed by atoms with E-state index in [1.165, 1.54) is 22.0 Å². The number of nitrogens with zero attached hydrogens (tertiary/aromatic N) is 4. The maximum Gasteiger partial charge on any atom is 0.226 e. The molecule has 2 heterocycles. The van der Waals surface area contributed by atoms with Crippen LogP contribution in [0.5, 0.6) is 0 Å². The van der Waals surface area contributed by atoms with E-state index in [1.54, 1.807) is 0 Å². The molecule has 4 rings (SSSR count). The Labute approximate surface area is 161 Å². The van der Waals surface area contributed by atoms with E-state index in [1.807, 2.05) is 68.4 Å². The van der Waals surface area contributed by atoms with Crippen molar-refractivity contribution in [3.05, 3.63) is 71.6 Å². The molecule has 0 saturated heterocycles. The average Bonchev–Trinajstić information content (AvgIpc) is 3.24. The maximum atomic E-state index is 6.20. The molecule has 6 nitrogen and oxygen atoms in total. The molecule has 2 N–H and O–H groups in total. The molecule has 0 atom stereocenters. The lowest BCUT2D eigenvalue weighted by Crippen LogP contribution is -2.11. The van der Waals surface area contributed by atoms with E-state index in [-0.39, 0.29) is 0 Å². The van der Waals surface area contributed by atoms with Gasteiger partial charge in [-0.15, -0.1) is 10.2 Å². The van der Waals surface area contributed by atoms with Crippen LogP contribution in [0.25, 0.3) is 22.8 Å². The van der Waals surface area contributed by atoms with Gasteiger partial charge < -0.3 is 10.3 Å². The van der Waals surface area contributed by atoms with Crippen molar-refractivity contribution in [2.45, 2.75) is 24.8 Å². The van der Waals surface area contributed by atoms with Gasteiger partial charge in [0.15, 0.2) is 5.82 Å². The molecule has 0 aliphatic carbocycles. The zero-order chi connectivity index (χ0) is 18.8. The van der Waals surface area contributed by atoms with Crippen molar-refractivity contribution < 1.29 is 4.42 Å². The molecule has 27 heavy (non-hydrogen) atoms. The second-order valence-electron chi connectivity index (χ2n) is 6.22. The summed E-state index contributed by atoms with van der Waals surface area (Å²) in [6, 6.07) is 17.9. The Balaban J connectivity index is 1.51. The standard InChI is InChI=1S/C20H19N5OS/c1-13-8-10-15(11-9-13)18-23-24-20(25(18)21)27-12-17-14(2)26-19(22-17)16-6-4-3-5-7-16/h3-11H,12,21H2,1-2H3. The van der Waals surface area contributed by atoms with Crippen LogP contribution in [0.1, 0.15) is 17.0 Å². The summed E-state index contributed by atoms with van der Waals surface area (Å²) in [6.07, 6.45) is 0. The van der Waals surface area contributed by atoms with Gasteiger partial charge >= 0.3 is 0 Å². The molecule has 136 valence electrons. The van der Waals surface area contributed by atoms with Crippen molar-refractivity contribution in [1.29, 1.82) is 0 Å². The number of hydrogen-bond acceptors (Lipinski definition) is 6. The van der Waals surface area contributed by atoms with Crippen LogP contribution in [0.3, 0.4) is 0 Å². The molecule has 0 radical (unpaired) electrons. The summed E-state index contributed by atoms with van der Waals surface area (Å²) in [4.78, 5) is 4.61. The maximum absolute atomic E-state index is 6.20. The minimum absolute atomic E-state index is 0.603. The lowest BCUT2D eigenvalue weighted by atomic mass is 10.1. The molecule has 0 aliphatic rings. The quantitative estimate of drug-likeness (QED) is 0.414. The number of aryl methyl sites for hydroxylation is 2. The van der Waals surface area contributed by atoms with E-state index in [4.69, 9.17) is 10.3 Å². The minimum atomic E-state index is 0.603. The largest absolute Gasteiger partial charge is 0.441 e. The van der Waals surface area contributed by atoms with Crippen molar-refractivity contribution >= 4 is 11.8 Å². The summed E-state index contributed by atoms with van der Waals surface area (Å²) in [6.45, 7) is 3.96. The number of rotatable bonds is 5. The van der Waals surface area contributed by atoms with Crippen molar-refractivity contribution in [1.82, 2.24) is 19.9 Å². The van der Waals surface area contributed by atoms with Crippen LogP contribution in [-0.4, -0.2) is 19.9 Å². The molecule has 7 heteroatoms. The second kappa shape index (κ2) is 7.28. The molecule has 2 aromatic heterocycles. The first kappa shape index (κ1) is 17.4. The van der Waals surface area contributed by atoms with Crippen molar-refractivity contribution in [3.8, 4) is 22.8 Å². The molecule has 0 bridgehead atoms. The topological polar surface area (TPSA) is 82.8 Å². The third-order valence-corrected chi connectivity index (χ3v) is 5.18. The van der Waals surface area contributed by atoms with E-state index >= 15 is 0 Å². The number of hydrogen-bond donors (Lipinski definition) is 1. The summed E-state index contributed by atoms with van der Waals surface area (Å²) in [5, 5.41) is 9.08. The van der Waals surface area contributed by atoms with Gasteiger partial charge in [0, 0.05) is 16.9 Å². The fourth-order valence-corrected chi connectivity index (χ4v) is 3.53. The molecule has 2 aromatic carbocycles. The Morgan fingerprint density at radius 3 is 2.44 bits per heavy atom. The highest BCUT2D eigenvalue weighted by Crippen LogP contribution is 2.28. The molecule has 0 unspecified atom stereocenters. The Morgan fingerprint density at radius 1 is 0.963 bits per heavy atom. The van der Waals surface area contributed by atoms with Crippen LogP contribution < -0.4 is 5.84 Å². The van der Waals surface area contributed by atoms with E-state index in [0.29, 0.717) is 22.6 Å². The second-order valence-corrected chi connectivity index (χ2v) is 7.16. The van der Waals surface area contributed by atoms with Gasteiger partial charge in [-0.1, -0.05) is 59.8 Å². The van der Waals surface area contributed by atoms with Crippen molar-refractivity contribution in [3.63, 3.8) is 0 Å². The summed E-state index contributed by atoms with van der Waals surface area (Å²) in [5.41, 5.74) is 3.96. The molecular weight excluding hydrogens is 358 g/mol. The summed E-state index contributed by atoms with van der Waals surface area (Å²) in [5.74, 6) is 8.86. The highest BCUT2D eigenvalue weighted by Gasteiger charge is 2.15.